The van der Waals surface area contributed by atoms with Gasteiger partial charge in [0, 0.05) is 23.1 Å². The second kappa shape index (κ2) is 6.72. The standard InChI is InChI=1S/C13H18BrClN2/c14-12-4-5-13(17-8-12)9-16-7-11-3-1-2-10(11)6-15/h4-5,8,10-11,16H,1-3,6-7,9H2. The summed E-state index contributed by atoms with van der Waals surface area (Å²) in [6.45, 7) is 1.91. The van der Waals surface area contributed by atoms with Crippen LogP contribution >= 0.6 is 27.5 Å². The van der Waals surface area contributed by atoms with Crippen LogP contribution in [0.1, 0.15) is 25.0 Å². The predicted octanol–water partition coefficient (Wildman–Crippen LogP) is 3.59. The van der Waals surface area contributed by atoms with Gasteiger partial charge in [-0.1, -0.05) is 6.42 Å². The van der Waals surface area contributed by atoms with Gasteiger partial charge in [0.2, 0.25) is 0 Å². The lowest BCUT2D eigenvalue weighted by atomic mass is 9.98. The van der Waals surface area contributed by atoms with Crippen molar-refractivity contribution in [1.29, 1.82) is 0 Å². The number of rotatable bonds is 5. The summed E-state index contributed by atoms with van der Waals surface area (Å²) in [5.74, 6) is 2.27. The van der Waals surface area contributed by atoms with Crippen LogP contribution in [0.25, 0.3) is 0 Å². The summed E-state index contributed by atoms with van der Waals surface area (Å²) in [6, 6.07) is 4.08. The van der Waals surface area contributed by atoms with Gasteiger partial charge in [-0.15, -0.1) is 11.6 Å². The lowest BCUT2D eigenvalue weighted by Gasteiger charge is -2.17. The van der Waals surface area contributed by atoms with Crippen LogP contribution in [0.2, 0.25) is 0 Å². The van der Waals surface area contributed by atoms with Crippen molar-refractivity contribution in [1.82, 2.24) is 10.3 Å². The molecule has 0 spiro atoms. The molecule has 0 saturated heterocycles. The van der Waals surface area contributed by atoms with Gasteiger partial charge >= 0.3 is 0 Å². The van der Waals surface area contributed by atoms with Crippen LogP contribution in [0.5, 0.6) is 0 Å². The van der Waals surface area contributed by atoms with Crippen molar-refractivity contribution in [3.8, 4) is 0 Å². The molecule has 1 N–H and O–H groups in total. The average Bonchev–Trinajstić information content (AvgIpc) is 2.79. The van der Waals surface area contributed by atoms with Gasteiger partial charge in [0.1, 0.15) is 0 Å². The summed E-state index contributed by atoms with van der Waals surface area (Å²) >= 11 is 9.36. The van der Waals surface area contributed by atoms with Crippen molar-refractivity contribution in [2.75, 3.05) is 12.4 Å². The molecule has 4 heteroatoms. The maximum absolute atomic E-state index is 5.97. The van der Waals surface area contributed by atoms with Gasteiger partial charge in [-0.25, -0.2) is 0 Å². The van der Waals surface area contributed by atoms with Crippen molar-refractivity contribution < 1.29 is 0 Å². The van der Waals surface area contributed by atoms with Crippen LogP contribution in [0.4, 0.5) is 0 Å². The highest BCUT2D eigenvalue weighted by Gasteiger charge is 2.25. The first-order valence-electron chi connectivity index (χ1n) is 6.16. The minimum atomic E-state index is 0.710. The Labute approximate surface area is 116 Å². The van der Waals surface area contributed by atoms with E-state index in [9.17, 15) is 0 Å². The van der Waals surface area contributed by atoms with E-state index in [-0.39, 0.29) is 0 Å². The highest BCUT2D eigenvalue weighted by molar-refractivity contribution is 9.10. The van der Waals surface area contributed by atoms with Gasteiger partial charge in [0.25, 0.3) is 0 Å². The molecule has 1 aliphatic rings. The van der Waals surface area contributed by atoms with Gasteiger partial charge in [0.05, 0.1) is 5.69 Å². The lowest BCUT2D eigenvalue weighted by molar-refractivity contribution is 0.394. The summed E-state index contributed by atoms with van der Waals surface area (Å²) in [4.78, 5) is 4.35. The normalized spacial score (nSPS) is 24.1. The smallest absolute Gasteiger partial charge is 0.0542 e. The molecule has 2 unspecified atom stereocenters. The summed E-state index contributed by atoms with van der Waals surface area (Å²) in [7, 11) is 0. The molecule has 2 nitrogen and oxygen atoms in total. The number of hydrogen-bond acceptors (Lipinski definition) is 2. The second-order valence-corrected chi connectivity index (χ2v) is 5.93. The van der Waals surface area contributed by atoms with E-state index in [2.05, 4.69) is 26.2 Å². The molecule has 1 saturated carbocycles. The summed E-state index contributed by atoms with van der Waals surface area (Å²) < 4.78 is 1.03. The third kappa shape index (κ3) is 3.94. The fourth-order valence-corrected chi connectivity index (χ4v) is 3.12. The first-order chi connectivity index (χ1) is 8.29. The Morgan fingerprint density at radius 3 is 2.88 bits per heavy atom. The molecule has 0 aliphatic heterocycles. The van der Waals surface area contributed by atoms with Crippen LogP contribution in [0.3, 0.4) is 0 Å². The van der Waals surface area contributed by atoms with Crippen molar-refractivity contribution in [2.45, 2.75) is 25.8 Å². The first-order valence-corrected chi connectivity index (χ1v) is 7.49. The molecule has 1 fully saturated rings. The number of alkyl halides is 1. The van der Waals surface area contributed by atoms with E-state index >= 15 is 0 Å². The number of nitrogens with one attached hydrogen (secondary N) is 1. The molecule has 2 rings (SSSR count). The number of nitrogens with zero attached hydrogens (tertiary/aromatic N) is 1. The lowest BCUT2D eigenvalue weighted by Crippen LogP contribution is -2.25. The predicted molar refractivity (Wildman–Crippen MR) is 75.2 cm³/mol. The fourth-order valence-electron chi connectivity index (χ4n) is 2.48. The fraction of sp³-hybridized carbons (Fsp3) is 0.615. The number of pyridine rings is 1. The number of hydrogen-bond donors (Lipinski definition) is 1. The molecule has 0 aromatic carbocycles. The molecule has 1 aliphatic carbocycles. The zero-order valence-corrected chi connectivity index (χ0v) is 12.2. The Morgan fingerprint density at radius 2 is 2.18 bits per heavy atom. The van der Waals surface area contributed by atoms with E-state index in [1.54, 1.807) is 0 Å². The third-order valence-corrected chi connectivity index (χ3v) is 4.38. The van der Waals surface area contributed by atoms with E-state index < -0.39 is 0 Å². The minimum absolute atomic E-state index is 0.710. The van der Waals surface area contributed by atoms with E-state index in [1.807, 2.05) is 18.3 Å². The van der Waals surface area contributed by atoms with Crippen molar-refractivity contribution in [3.05, 3.63) is 28.5 Å². The molecule has 2 atom stereocenters. The largest absolute Gasteiger partial charge is 0.311 e. The molecule has 0 radical (unpaired) electrons. The Kier molecular flexibility index (Phi) is 5.26. The Balaban J connectivity index is 1.74. The van der Waals surface area contributed by atoms with Crippen LogP contribution in [0, 0.1) is 11.8 Å². The first kappa shape index (κ1) is 13.3. The van der Waals surface area contributed by atoms with Crippen LogP contribution in [0.15, 0.2) is 22.8 Å². The average molecular weight is 318 g/mol. The highest BCUT2D eigenvalue weighted by atomic mass is 79.9. The molecule has 94 valence electrons. The van der Waals surface area contributed by atoms with Crippen LogP contribution in [-0.4, -0.2) is 17.4 Å². The Hall–Kier alpha value is -0.120. The quantitative estimate of drug-likeness (QED) is 0.840. The molecule has 1 aromatic heterocycles. The SMILES string of the molecule is ClCC1CCCC1CNCc1ccc(Br)cn1. The molecule has 0 amide bonds. The van der Waals surface area contributed by atoms with Crippen molar-refractivity contribution in [2.24, 2.45) is 11.8 Å². The summed E-state index contributed by atoms with van der Waals surface area (Å²) in [5, 5.41) is 3.49. The van der Waals surface area contributed by atoms with Gasteiger partial charge in [-0.2, -0.15) is 0 Å². The van der Waals surface area contributed by atoms with Gasteiger partial charge in [-0.05, 0) is 59.3 Å². The van der Waals surface area contributed by atoms with E-state index in [0.717, 1.165) is 35.1 Å². The summed E-state index contributed by atoms with van der Waals surface area (Å²) in [6.07, 6.45) is 5.79. The molecule has 1 aromatic rings. The second-order valence-electron chi connectivity index (χ2n) is 4.70. The van der Waals surface area contributed by atoms with Gasteiger partial charge in [-0.3, -0.25) is 4.98 Å². The molecular weight excluding hydrogens is 300 g/mol. The monoisotopic (exact) mass is 316 g/mol. The summed E-state index contributed by atoms with van der Waals surface area (Å²) in [5.41, 5.74) is 1.09. The van der Waals surface area contributed by atoms with Crippen molar-refractivity contribution in [3.63, 3.8) is 0 Å². The Bertz CT molecular complexity index is 342. The van der Waals surface area contributed by atoms with Crippen LogP contribution in [-0.2, 0) is 6.54 Å². The molecule has 1 heterocycles. The number of aromatic nitrogens is 1. The third-order valence-electron chi connectivity index (χ3n) is 3.52. The Morgan fingerprint density at radius 1 is 1.35 bits per heavy atom. The highest BCUT2D eigenvalue weighted by Crippen LogP contribution is 2.31. The zero-order valence-electron chi connectivity index (χ0n) is 9.83. The van der Waals surface area contributed by atoms with E-state index in [0.29, 0.717) is 5.92 Å². The number of halogens is 2. The topological polar surface area (TPSA) is 24.9 Å². The van der Waals surface area contributed by atoms with E-state index in [1.165, 1.54) is 19.3 Å². The maximum atomic E-state index is 5.97. The maximum Gasteiger partial charge on any atom is 0.0542 e. The van der Waals surface area contributed by atoms with Crippen molar-refractivity contribution >= 4 is 27.5 Å². The zero-order chi connectivity index (χ0) is 12.1. The molecule has 0 bridgehead atoms. The molecule has 17 heavy (non-hydrogen) atoms. The van der Waals surface area contributed by atoms with Crippen LogP contribution < -0.4 is 5.32 Å². The van der Waals surface area contributed by atoms with Gasteiger partial charge in [0.15, 0.2) is 0 Å². The molecular formula is C13H18BrClN2. The van der Waals surface area contributed by atoms with Gasteiger partial charge < -0.3 is 5.32 Å². The minimum Gasteiger partial charge on any atom is -0.311 e. The van der Waals surface area contributed by atoms with E-state index in [4.69, 9.17) is 11.6 Å².